The molecule has 0 radical (unpaired) electrons. The van der Waals surface area contributed by atoms with Crippen LogP contribution in [0.25, 0.3) is 0 Å². The average molecular weight is 306 g/mol. The molecule has 0 spiro atoms. The van der Waals surface area contributed by atoms with Crippen molar-refractivity contribution >= 4 is 12.1 Å². The van der Waals surface area contributed by atoms with Crippen LogP contribution in [0.4, 0.5) is 4.79 Å². The van der Waals surface area contributed by atoms with Crippen molar-refractivity contribution in [2.75, 3.05) is 6.61 Å². The Morgan fingerprint density at radius 2 is 1.82 bits per heavy atom. The van der Waals surface area contributed by atoms with Crippen LogP contribution in [0.2, 0.25) is 0 Å². The van der Waals surface area contributed by atoms with Gasteiger partial charge < -0.3 is 14.2 Å². The summed E-state index contributed by atoms with van der Waals surface area (Å²) in [7, 11) is 0. The van der Waals surface area contributed by atoms with Crippen LogP contribution in [0.5, 0.6) is 0 Å². The quantitative estimate of drug-likeness (QED) is 0.611. The maximum Gasteiger partial charge on any atom is 0.509 e. The fraction of sp³-hybridized carbons (Fsp3) is 0.412. The molecule has 0 fully saturated rings. The lowest BCUT2D eigenvalue weighted by Crippen LogP contribution is -2.25. The highest BCUT2D eigenvalue weighted by atomic mass is 16.7. The monoisotopic (exact) mass is 306 g/mol. The highest BCUT2D eigenvalue weighted by molar-refractivity contribution is 5.82. The lowest BCUT2D eigenvalue weighted by Gasteiger charge is -2.21. The summed E-state index contributed by atoms with van der Waals surface area (Å²) in [5, 5.41) is 0. The third-order valence-corrected chi connectivity index (χ3v) is 2.43. The Bertz CT molecular complexity index is 514. The van der Waals surface area contributed by atoms with Gasteiger partial charge in [-0.15, -0.1) is 0 Å². The van der Waals surface area contributed by atoms with Crippen molar-refractivity contribution in [3.8, 4) is 0 Å². The standard InChI is InChI=1S/C17H22O5/c1-5-20-15(18)12-11-14(13-9-7-6-8-10-13)21-16(19)22-17(2,3)4/h6-12,14H,5H2,1-4H3/b12-11+/t14-/m0/s1. The molecule has 0 bridgehead atoms. The van der Waals surface area contributed by atoms with E-state index in [4.69, 9.17) is 14.2 Å². The van der Waals surface area contributed by atoms with Crippen molar-refractivity contribution in [2.24, 2.45) is 0 Å². The molecule has 5 nitrogen and oxygen atoms in total. The van der Waals surface area contributed by atoms with E-state index in [-0.39, 0.29) is 6.61 Å². The number of esters is 1. The average Bonchev–Trinajstić information content (AvgIpc) is 2.42. The molecule has 0 aromatic heterocycles. The zero-order chi connectivity index (χ0) is 16.6. The van der Waals surface area contributed by atoms with E-state index in [9.17, 15) is 9.59 Å². The Hall–Kier alpha value is -2.30. The fourth-order valence-electron chi connectivity index (χ4n) is 1.60. The molecule has 1 rings (SSSR count). The second kappa shape index (κ2) is 8.22. The minimum atomic E-state index is -0.796. The van der Waals surface area contributed by atoms with Crippen molar-refractivity contribution in [3.05, 3.63) is 48.0 Å². The van der Waals surface area contributed by atoms with E-state index >= 15 is 0 Å². The number of carbonyl (C=O) groups excluding carboxylic acids is 2. The third kappa shape index (κ3) is 6.92. The molecule has 1 aromatic rings. The van der Waals surface area contributed by atoms with Crippen LogP contribution in [0.3, 0.4) is 0 Å². The first kappa shape index (κ1) is 17.8. The van der Waals surface area contributed by atoms with Gasteiger partial charge >= 0.3 is 12.1 Å². The first-order chi connectivity index (χ1) is 10.3. The van der Waals surface area contributed by atoms with Gasteiger partial charge in [0, 0.05) is 6.08 Å². The molecule has 120 valence electrons. The zero-order valence-corrected chi connectivity index (χ0v) is 13.4. The van der Waals surface area contributed by atoms with Gasteiger partial charge in [0.1, 0.15) is 11.7 Å². The Morgan fingerprint density at radius 3 is 2.36 bits per heavy atom. The molecule has 0 unspecified atom stereocenters. The number of ether oxygens (including phenoxy) is 3. The molecule has 0 saturated carbocycles. The van der Waals surface area contributed by atoms with Gasteiger partial charge in [0.25, 0.3) is 0 Å². The third-order valence-electron chi connectivity index (χ3n) is 2.43. The Kier molecular flexibility index (Phi) is 6.63. The van der Waals surface area contributed by atoms with Crippen LogP contribution in [0, 0.1) is 0 Å². The fourth-order valence-corrected chi connectivity index (χ4v) is 1.60. The molecule has 0 amide bonds. The van der Waals surface area contributed by atoms with Crippen LogP contribution >= 0.6 is 0 Å². The van der Waals surface area contributed by atoms with Crippen molar-refractivity contribution < 1.29 is 23.8 Å². The molecule has 0 aliphatic rings. The van der Waals surface area contributed by atoms with Gasteiger partial charge in [-0.25, -0.2) is 9.59 Å². The van der Waals surface area contributed by atoms with Gasteiger partial charge in [-0.1, -0.05) is 30.3 Å². The van der Waals surface area contributed by atoms with Crippen molar-refractivity contribution in [3.63, 3.8) is 0 Å². The molecule has 22 heavy (non-hydrogen) atoms. The van der Waals surface area contributed by atoms with Crippen molar-refractivity contribution in [1.82, 2.24) is 0 Å². The summed E-state index contributed by atoms with van der Waals surface area (Å²) in [6.45, 7) is 7.25. The topological polar surface area (TPSA) is 61.8 Å². The van der Waals surface area contributed by atoms with Gasteiger partial charge in [-0.2, -0.15) is 0 Å². The van der Waals surface area contributed by atoms with Gasteiger partial charge in [0.15, 0.2) is 0 Å². The first-order valence-electron chi connectivity index (χ1n) is 7.11. The van der Waals surface area contributed by atoms with Gasteiger partial charge in [0.2, 0.25) is 0 Å². The largest absolute Gasteiger partial charge is 0.509 e. The predicted molar refractivity (Wildman–Crippen MR) is 82.3 cm³/mol. The Labute approximate surface area is 130 Å². The van der Waals surface area contributed by atoms with Crippen LogP contribution in [-0.2, 0) is 19.0 Å². The molecule has 0 heterocycles. The Morgan fingerprint density at radius 1 is 1.18 bits per heavy atom. The summed E-state index contributed by atoms with van der Waals surface area (Å²) in [6.07, 6.45) is 1.19. The molecular weight excluding hydrogens is 284 g/mol. The second-order valence-corrected chi connectivity index (χ2v) is 5.52. The molecule has 0 N–H and O–H groups in total. The molecule has 0 aliphatic carbocycles. The summed E-state index contributed by atoms with van der Waals surface area (Å²) in [5.41, 5.74) is 0.0808. The van der Waals surface area contributed by atoms with E-state index in [0.29, 0.717) is 0 Å². The molecule has 0 aliphatic heterocycles. The molecule has 0 saturated heterocycles. The zero-order valence-electron chi connectivity index (χ0n) is 13.4. The SMILES string of the molecule is CCOC(=O)/C=C/[C@H](OC(=O)OC(C)(C)C)c1ccccc1. The summed E-state index contributed by atoms with van der Waals surface area (Å²) >= 11 is 0. The highest BCUT2D eigenvalue weighted by Crippen LogP contribution is 2.21. The molecular formula is C17H22O5. The first-order valence-corrected chi connectivity index (χ1v) is 7.11. The maximum atomic E-state index is 11.8. The Balaban J connectivity index is 2.84. The molecule has 1 atom stereocenters. The van der Waals surface area contributed by atoms with E-state index in [1.807, 2.05) is 18.2 Å². The number of rotatable bonds is 5. The maximum absolute atomic E-state index is 11.8. The lowest BCUT2D eigenvalue weighted by molar-refractivity contribution is -0.137. The highest BCUT2D eigenvalue weighted by Gasteiger charge is 2.21. The van der Waals surface area contributed by atoms with Crippen LogP contribution in [0.1, 0.15) is 39.4 Å². The molecule has 5 heteroatoms. The smallest absolute Gasteiger partial charge is 0.463 e. The number of carbonyl (C=O) groups is 2. The minimum absolute atomic E-state index is 0.284. The van der Waals surface area contributed by atoms with E-state index in [1.165, 1.54) is 12.2 Å². The van der Waals surface area contributed by atoms with Crippen molar-refractivity contribution in [1.29, 1.82) is 0 Å². The van der Waals surface area contributed by atoms with Crippen LogP contribution in [-0.4, -0.2) is 24.3 Å². The normalized spacial score (nSPS) is 12.7. The van der Waals surface area contributed by atoms with Gasteiger partial charge in [-0.3, -0.25) is 0 Å². The van der Waals surface area contributed by atoms with E-state index in [2.05, 4.69) is 0 Å². The lowest BCUT2D eigenvalue weighted by atomic mass is 10.1. The minimum Gasteiger partial charge on any atom is -0.463 e. The van der Waals surface area contributed by atoms with E-state index in [1.54, 1.807) is 39.8 Å². The number of hydrogen-bond acceptors (Lipinski definition) is 5. The molecule has 1 aromatic carbocycles. The summed E-state index contributed by atoms with van der Waals surface area (Å²) in [6, 6.07) is 9.08. The van der Waals surface area contributed by atoms with Gasteiger partial charge in [-0.05, 0) is 39.3 Å². The summed E-state index contributed by atoms with van der Waals surface area (Å²) in [5.74, 6) is -0.490. The van der Waals surface area contributed by atoms with Crippen molar-refractivity contribution in [2.45, 2.75) is 39.4 Å². The van der Waals surface area contributed by atoms with Crippen LogP contribution < -0.4 is 0 Å². The summed E-state index contributed by atoms with van der Waals surface area (Å²) < 4.78 is 15.2. The van der Waals surface area contributed by atoms with E-state index in [0.717, 1.165) is 5.56 Å². The van der Waals surface area contributed by atoms with Crippen LogP contribution in [0.15, 0.2) is 42.5 Å². The second-order valence-electron chi connectivity index (χ2n) is 5.52. The number of hydrogen-bond donors (Lipinski definition) is 0. The van der Waals surface area contributed by atoms with E-state index < -0.39 is 23.8 Å². The summed E-state index contributed by atoms with van der Waals surface area (Å²) in [4.78, 5) is 23.2. The number of benzene rings is 1. The predicted octanol–water partition coefficient (Wildman–Crippen LogP) is 3.80. The van der Waals surface area contributed by atoms with Gasteiger partial charge in [0.05, 0.1) is 6.61 Å².